The third-order valence-electron chi connectivity index (χ3n) is 3.84. The van der Waals surface area contributed by atoms with Gasteiger partial charge in [0.05, 0.1) is 11.5 Å². The zero-order valence-electron chi connectivity index (χ0n) is 12.0. The van der Waals surface area contributed by atoms with E-state index in [1.54, 1.807) is 11.6 Å². The van der Waals surface area contributed by atoms with Crippen molar-refractivity contribution >= 4 is 10.0 Å². The normalized spacial score (nSPS) is 21.2. The zero-order valence-corrected chi connectivity index (χ0v) is 12.9. The molecule has 2 heterocycles. The van der Waals surface area contributed by atoms with Crippen molar-refractivity contribution in [3.05, 3.63) is 18.0 Å². The van der Waals surface area contributed by atoms with E-state index in [4.69, 9.17) is 5.11 Å². The van der Waals surface area contributed by atoms with Crippen LogP contribution >= 0.6 is 0 Å². The van der Waals surface area contributed by atoms with Gasteiger partial charge in [-0.3, -0.25) is 0 Å². The topological polar surface area (TPSA) is 74.6 Å². The average molecular weight is 301 g/mol. The predicted molar refractivity (Wildman–Crippen MR) is 76.7 cm³/mol. The summed E-state index contributed by atoms with van der Waals surface area (Å²) in [6.45, 7) is 2.32. The Morgan fingerprint density at radius 3 is 2.80 bits per heavy atom. The first kappa shape index (κ1) is 15.5. The number of hydrogen-bond acceptors (Lipinski definition) is 4. The highest BCUT2D eigenvalue weighted by atomic mass is 32.2. The lowest BCUT2D eigenvalue weighted by Crippen LogP contribution is -2.39. The first-order valence-electron chi connectivity index (χ1n) is 6.86. The molecule has 114 valence electrons. The largest absolute Gasteiger partial charge is 0.390 e. The molecule has 6 nitrogen and oxygen atoms in total. The highest BCUT2D eigenvalue weighted by Gasteiger charge is 2.22. The Kier molecular flexibility index (Phi) is 4.85. The van der Waals surface area contributed by atoms with Gasteiger partial charge in [-0.05, 0) is 38.4 Å². The minimum absolute atomic E-state index is 0.167. The number of likely N-dealkylation sites (tertiary alicyclic amines) is 1. The zero-order chi connectivity index (χ0) is 14.8. The van der Waals surface area contributed by atoms with Crippen LogP contribution in [0.1, 0.15) is 18.5 Å². The molecular weight excluding hydrogens is 278 g/mol. The minimum atomic E-state index is -3.49. The van der Waals surface area contributed by atoms with Gasteiger partial charge in [0, 0.05) is 32.0 Å². The molecule has 1 atom stereocenters. The molecule has 0 saturated carbocycles. The molecule has 1 saturated heterocycles. The molecule has 0 spiro atoms. The molecule has 1 aromatic heterocycles. The van der Waals surface area contributed by atoms with E-state index in [1.807, 2.05) is 0 Å². The third kappa shape index (κ3) is 3.60. The number of nitrogens with zero attached hydrogens (tertiary/aromatic N) is 2. The smallest absolute Gasteiger partial charge is 0.242 e. The maximum absolute atomic E-state index is 12.2. The van der Waals surface area contributed by atoms with Gasteiger partial charge < -0.3 is 14.6 Å². The van der Waals surface area contributed by atoms with E-state index in [2.05, 4.69) is 16.7 Å². The fraction of sp³-hybridized carbons (Fsp3) is 0.692. The third-order valence-corrected chi connectivity index (χ3v) is 5.23. The maximum atomic E-state index is 12.2. The molecule has 0 aromatic carbocycles. The van der Waals surface area contributed by atoms with E-state index >= 15 is 0 Å². The molecule has 2 N–H and O–H groups in total. The van der Waals surface area contributed by atoms with Gasteiger partial charge in [-0.1, -0.05) is 0 Å². The number of aliphatic hydroxyl groups is 1. The number of nitrogens with one attached hydrogen (secondary N) is 1. The Morgan fingerprint density at radius 1 is 1.45 bits per heavy atom. The summed E-state index contributed by atoms with van der Waals surface area (Å²) in [5.74, 6) is 0.365. The molecule has 0 bridgehead atoms. The summed E-state index contributed by atoms with van der Waals surface area (Å²) in [5.41, 5.74) is 0.586. The second-order valence-corrected chi connectivity index (χ2v) is 7.33. The summed E-state index contributed by atoms with van der Waals surface area (Å²) in [6.07, 6.45) is 3.70. The van der Waals surface area contributed by atoms with Crippen molar-refractivity contribution in [3.63, 3.8) is 0 Å². The number of piperidine rings is 1. The summed E-state index contributed by atoms with van der Waals surface area (Å²) >= 11 is 0. The number of hydrogen-bond donors (Lipinski definition) is 2. The molecule has 0 radical (unpaired) electrons. The highest BCUT2D eigenvalue weighted by molar-refractivity contribution is 7.89. The van der Waals surface area contributed by atoms with Crippen LogP contribution in [0.25, 0.3) is 0 Å². The number of rotatable bonds is 5. The van der Waals surface area contributed by atoms with Gasteiger partial charge in [0.25, 0.3) is 0 Å². The Morgan fingerprint density at radius 2 is 2.20 bits per heavy atom. The van der Waals surface area contributed by atoms with Gasteiger partial charge in [-0.25, -0.2) is 13.1 Å². The number of aromatic nitrogens is 1. The Balaban J connectivity index is 1.99. The number of aliphatic hydroxyl groups excluding tert-OH is 1. The van der Waals surface area contributed by atoms with Gasteiger partial charge in [-0.15, -0.1) is 0 Å². The van der Waals surface area contributed by atoms with Crippen molar-refractivity contribution < 1.29 is 13.5 Å². The SMILES string of the molecule is CN1CCCC(CNS(=O)(=O)c2cc(CO)n(C)c2)C1. The Hall–Kier alpha value is -0.890. The lowest BCUT2D eigenvalue weighted by Gasteiger charge is -2.29. The Bertz CT molecular complexity index is 553. The van der Waals surface area contributed by atoms with Gasteiger partial charge in [-0.2, -0.15) is 0 Å². The van der Waals surface area contributed by atoms with Crippen LogP contribution in [0.4, 0.5) is 0 Å². The van der Waals surface area contributed by atoms with Crippen LogP contribution < -0.4 is 4.72 Å². The van der Waals surface area contributed by atoms with Crippen LogP contribution in [0, 0.1) is 5.92 Å². The van der Waals surface area contributed by atoms with Crippen molar-refractivity contribution in [2.45, 2.75) is 24.3 Å². The molecule has 1 unspecified atom stereocenters. The van der Waals surface area contributed by atoms with Crippen molar-refractivity contribution in [1.29, 1.82) is 0 Å². The van der Waals surface area contributed by atoms with Gasteiger partial charge in [0.1, 0.15) is 0 Å². The molecule has 2 rings (SSSR count). The van der Waals surface area contributed by atoms with Gasteiger partial charge >= 0.3 is 0 Å². The van der Waals surface area contributed by atoms with Crippen LogP contribution in [0.15, 0.2) is 17.2 Å². The Labute approximate surface area is 120 Å². The van der Waals surface area contributed by atoms with Crippen LogP contribution in [-0.4, -0.2) is 49.7 Å². The number of aryl methyl sites for hydroxylation is 1. The van der Waals surface area contributed by atoms with E-state index in [0.717, 1.165) is 25.9 Å². The number of sulfonamides is 1. The summed E-state index contributed by atoms with van der Waals surface area (Å²) in [7, 11) is 0.294. The van der Waals surface area contributed by atoms with Crippen molar-refractivity contribution in [3.8, 4) is 0 Å². The van der Waals surface area contributed by atoms with E-state index in [9.17, 15) is 8.42 Å². The molecule has 1 aliphatic rings. The maximum Gasteiger partial charge on any atom is 0.242 e. The quantitative estimate of drug-likeness (QED) is 0.811. The second kappa shape index (κ2) is 6.26. The lowest BCUT2D eigenvalue weighted by atomic mass is 9.99. The molecule has 1 aromatic rings. The van der Waals surface area contributed by atoms with E-state index < -0.39 is 10.0 Å². The fourth-order valence-electron chi connectivity index (χ4n) is 2.63. The highest BCUT2D eigenvalue weighted by Crippen LogP contribution is 2.17. The lowest BCUT2D eigenvalue weighted by molar-refractivity contribution is 0.211. The average Bonchev–Trinajstić information content (AvgIpc) is 2.79. The molecule has 7 heteroatoms. The van der Waals surface area contributed by atoms with Crippen LogP contribution in [-0.2, 0) is 23.7 Å². The summed E-state index contributed by atoms with van der Waals surface area (Å²) in [4.78, 5) is 2.45. The summed E-state index contributed by atoms with van der Waals surface area (Å²) in [6, 6.07) is 1.51. The van der Waals surface area contributed by atoms with E-state index in [0.29, 0.717) is 18.2 Å². The minimum Gasteiger partial charge on any atom is -0.390 e. The van der Waals surface area contributed by atoms with Crippen LogP contribution in [0.3, 0.4) is 0 Å². The van der Waals surface area contributed by atoms with Gasteiger partial charge in [0.2, 0.25) is 10.0 Å². The van der Waals surface area contributed by atoms with E-state index in [-0.39, 0.29) is 11.5 Å². The van der Waals surface area contributed by atoms with Crippen molar-refractivity contribution in [2.75, 3.05) is 26.7 Å². The van der Waals surface area contributed by atoms with Crippen molar-refractivity contribution in [2.24, 2.45) is 13.0 Å². The second-order valence-electron chi connectivity index (χ2n) is 5.56. The van der Waals surface area contributed by atoms with Gasteiger partial charge in [0.15, 0.2) is 0 Å². The molecular formula is C13H23N3O3S. The molecule has 1 aliphatic heterocycles. The van der Waals surface area contributed by atoms with Crippen molar-refractivity contribution in [1.82, 2.24) is 14.2 Å². The predicted octanol–water partition coefficient (Wildman–Crippen LogP) is 0.138. The standard InChI is InChI=1S/C13H23N3O3S/c1-15-5-3-4-11(8-15)7-14-20(18,19)13-6-12(10-17)16(2)9-13/h6,9,11,14,17H,3-5,7-8,10H2,1-2H3. The molecule has 1 fully saturated rings. The summed E-state index contributed by atoms with van der Waals surface area (Å²) < 4.78 is 28.7. The fourth-order valence-corrected chi connectivity index (χ4v) is 3.84. The molecule has 0 aliphatic carbocycles. The first-order chi connectivity index (χ1) is 9.42. The van der Waals surface area contributed by atoms with Crippen LogP contribution in [0.2, 0.25) is 0 Å². The monoisotopic (exact) mass is 301 g/mol. The molecule has 20 heavy (non-hydrogen) atoms. The van der Waals surface area contributed by atoms with Crippen LogP contribution in [0.5, 0.6) is 0 Å². The first-order valence-corrected chi connectivity index (χ1v) is 8.35. The van der Waals surface area contributed by atoms with E-state index in [1.165, 1.54) is 12.3 Å². The molecule has 0 amide bonds. The summed E-state index contributed by atoms with van der Waals surface area (Å²) in [5, 5.41) is 9.12.